The summed E-state index contributed by atoms with van der Waals surface area (Å²) in [6.45, 7) is 0. The van der Waals surface area contributed by atoms with Crippen molar-refractivity contribution in [1.82, 2.24) is 9.78 Å². The van der Waals surface area contributed by atoms with Gasteiger partial charge in [-0.15, -0.1) is 0 Å². The Morgan fingerprint density at radius 3 is 2.47 bits per heavy atom. The highest BCUT2D eigenvalue weighted by atomic mass is 19.4. The molecule has 100 valence electrons. The number of alkyl halides is 3. The fourth-order valence-corrected chi connectivity index (χ4v) is 1.63. The monoisotopic (exact) mass is 269 g/mol. The standard InChI is InChI=1S/C12H10F3N3O/c1-18-10(9(7-16-18)12(13,14)15)11(19)17-8-5-3-2-4-6-8/h2-7H,1H3,(H,17,19). The smallest absolute Gasteiger partial charge is 0.321 e. The molecule has 2 aromatic rings. The number of carbonyl (C=O) groups excluding carboxylic acids is 1. The van der Waals surface area contributed by atoms with E-state index in [1.165, 1.54) is 7.05 Å². The van der Waals surface area contributed by atoms with Crippen LogP contribution < -0.4 is 5.32 Å². The van der Waals surface area contributed by atoms with Gasteiger partial charge in [0, 0.05) is 12.7 Å². The molecule has 1 N–H and O–H groups in total. The number of halogens is 3. The van der Waals surface area contributed by atoms with E-state index in [1.807, 2.05) is 0 Å². The predicted molar refractivity (Wildman–Crippen MR) is 62.6 cm³/mol. The van der Waals surface area contributed by atoms with Gasteiger partial charge in [-0.3, -0.25) is 9.48 Å². The van der Waals surface area contributed by atoms with Crippen LogP contribution in [0.3, 0.4) is 0 Å². The lowest BCUT2D eigenvalue weighted by Crippen LogP contribution is -2.20. The Morgan fingerprint density at radius 2 is 1.89 bits per heavy atom. The summed E-state index contributed by atoms with van der Waals surface area (Å²) < 4.78 is 39.1. The van der Waals surface area contributed by atoms with Crippen LogP contribution in [0, 0.1) is 0 Å². The number of benzene rings is 1. The highest BCUT2D eigenvalue weighted by Gasteiger charge is 2.38. The molecule has 0 fully saturated rings. The van der Waals surface area contributed by atoms with Crippen LogP contribution >= 0.6 is 0 Å². The molecule has 2 rings (SSSR count). The van der Waals surface area contributed by atoms with Crippen molar-refractivity contribution in [3.05, 3.63) is 47.8 Å². The summed E-state index contributed by atoms with van der Waals surface area (Å²) in [7, 11) is 1.29. The first-order valence-electron chi connectivity index (χ1n) is 5.35. The Morgan fingerprint density at radius 1 is 1.26 bits per heavy atom. The van der Waals surface area contributed by atoms with E-state index >= 15 is 0 Å². The molecule has 0 radical (unpaired) electrons. The van der Waals surface area contributed by atoms with Crippen LogP contribution in [0.2, 0.25) is 0 Å². The van der Waals surface area contributed by atoms with Gasteiger partial charge < -0.3 is 5.32 Å². The van der Waals surface area contributed by atoms with Gasteiger partial charge in [-0.05, 0) is 12.1 Å². The fourth-order valence-electron chi connectivity index (χ4n) is 1.63. The number of carbonyl (C=O) groups is 1. The van der Waals surface area contributed by atoms with Crippen LogP contribution in [-0.2, 0) is 13.2 Å². The lowest BCUT2D eigenvalue weighted by molar-refractivity contribution is -0.137. The van der Waals surface area contributed by atoms with E-state index in [2.05, 4.69) is 10.4 Å². The maximum absolute atomic E-state index is 12.7. The van der Waals surface area contributed by atoms with Gasteiger partial charge >= 0.3 is 6.18 Å². The first-order chi connectivity index (χ1) is 8.89. The van der Waals surface area contributed by atoms with Gasteiger partial charge in [0.05, 0.1) is 6.20 Å². The highest BCUT2D eigenvalue weighted by molar-refractivity contribution is 6.04. The second kappa shape index (κ2) is 4.75. The molecule has 7 heteroatoms. The van der Waals surface area contributed by atoms with Crippen molar-refractivity contribution in [2.75, 3.05) is 5.32 Å². The Kier molecular flexibility index (Phi) is 3.28. The van der Waals surface area contributed by atoms with Gasteiger partial charge in [-0.1, -0.05) is 18.2 Å². The Hall–Kier alpha value is -2.31. The molecule has 0 atom stereocenters. The molecule has 1 aromatic heterocycles. The number of nitrogens with one attached hydrogen (secondary N) is 1. The van der Waals surface area contributed by atoms with Crippen molar-refractivity contribution in [3.63, 3.8) is 0 Å². The lowest BCUT2D eigenvalue weighted by Gasteiger charge is -2.09. The van der Waals surface area contributed by atoms with Crippen LogP contribution in [0.5, 0.6) is 0 Å². The van der Waals surface area contributed by atoms with Crippen molar-refractivity contribution < 1.29 is 18.0 Å². The van der Waals surface area contributed by atoms with Crippen LogP contribution in [0.25, 0.3) is 0 Å². The second-order valence-corrected chi connectivity index (χ2v) is 3.85. The van der Waals surface area contributed by atoms with Gasteiger partial charge in [0.2, 0.25) is 0 Å². The molecular weight excluding hydrogens is 259 g/mol. The number of anilines is 1. The van der Waals surface area contributed by atoms with Crippen molar-refractivity contribution in [2.24, 2.45) is 7.05 Å². The maximum Gasteiger partial charge on any atom is 0.420 e. The SMILES string of the molecule is Cn1ncc(C(F)(F)F)c1C(=O)Nc1ccccc1. The van der Waals surface area contributed by atoms with Crippen molar-refractivity contribution in [1.29, 1.82) is 0 Å². The summed E-state index contributed by atoms with van der Waals surface area (Å²) in [6, 6.07) is 8.25. The Bertz CT molecular complexity index is 590. The van der Waals surface area contributed by atoms with E-state index in [1.54, 1.807) is 30.3 Å². The molecule has 4 nitrogen and oxygen atoms in total. The quantitative estimate of drug-likeness (QED) is 0.911. The van der Waals surface area contributed by atoms with Gasteiger partial charge in [-0.2, -0.15) is 18.3 Å². The molecule has 0 saturated heterocycles. The third-order valence-electron chi connectivity index (χ3n) is 2.49. The molecule has 0 saturated carbocycles. The first kappa shape index (κ1) is 13.1. The molecule has 1 amide bonds. The molecule has 1 heterocycles. The van der Waals surface area contributed by atoms with E-state index in [4.69, 9.17) is 0 Å². The molecule has 0 unspecified atom stereocenters. The second-order valence-electron chi connectivity index (χ2n) is 3.85. The minimum absolute atomic E-state index is 0.418. The maximum atomic E-state index is 12.7. The number of aryl methyl sites for hydroxylation is 1. The van der Waals surface area contributed by atoms with Crippen LogP contribution in [0.1, 0.15) is 16.1 Å². The average Bonchev–Trinajstić information content (AvgIpc) is 2.72. The molecular formula is C12H10F3N3O. The van der Waals surface area contributed by atoms with Crippen molar-refractivity contribution >= 4 is 11.6 Å². The number of para-hydroxylation sites is 1. The number of nitrogens with zero attached hydrogens (tertiary/aromatic N) is 2. The van der Waals surface area contributed by atoms with Gasteiger partial charge in [-0.25, -0.2) is 0 Å². The Balaban J connectivity index is 2.32. The summed E-state index contributed by atoms with van der Waals surface area (Å²) >= 11 is 0. The topological polar surface area (TPSA) is 46.9 Å². The van der Waals surface area contributed by atoms with E-state index in [9.17, 15) is 18.0 Å². The van der Waals surface area contributed by atoms with Gasteiger partial charge in [0.25, 0.3) is 5.91 Å². The van der Waals surface area contributed by atoms with Crippen LogP contribution in [0.15, 0.2) is 36.5 Å². The largest absolute Gasteiger partial charge is 0.420 e. The molecule has 1 aromatic carbocycles. The number of rotatable bonds is 2. The third-order valence-corrected chi connectivity index (χ3v) is 2.49. The Labute approximate surface area is 106 Å². The number of aromatic nitrogens is 2. The van der Waals surface area contributed by atoms with E-state index < -0.39 is 23.3 Å². The summed E-state index contributed by atoms with van der Waals surface area (Å²) in [4.78, 5) is 11.9. The molecule has 0 spiro atoms. The zero-order valence-corrected chi connectivity index (χ0v) is 9.90. The van der Waals surface area contributed by atoms with E-state index in [0.717, 1.165) is 4.68 Å². The first-order valence-corrected chi connectivity index (χ1v) is 5.35. The molecule has 0 aliphatic carbocycles. The molecule has 0 bridgehead atoms. The summed E-state index contributed by atoms with van der Waals surface area (Å²) in [5.74, 6) is -0.849. The van der Waals surface area contributed by atoms with E-state index in [-0.39, 0.29) is 0 Å². The molecule has 19 heavy (non-hydrogen) atoms. The zero-order chi connectivity index (χ0) is 14.0. The predicted octanol–water partition coefficient (Wildman–Crippen LogP) is 2.69. The van der Waals surface area contributed by atoms with Crippen molar-refractivity contribution in [2.45, 2.75) is 6.18 Å². The minimum Gasteiger partial charge on any atom is -0.321 e. The molecule has 0 aliphatic heterocycles. The number of amides is 1. The van der Waals surface area contributed by atoms with Gasteiger partial charge in [0.15, 0.2) is 0 Å². The highest BCUT2D eigenvalue weighted by Crippen LogP contribution is 2.31. The summed E-state index contributed by atoms with van der Waals surface area (Å²) in [5.41, 5.74) is -1.15. The lowest BCUT2D eigenvalue weighted by atomic mass is 10.2. The van der Waals surface area contributed by atoms with E-state index in [0.29, 0.717) is 11.9 Å². The van der Waals surface area contributed by atoms with Crippen molar-refractivity contribution in [3.8, 4) is 0 Å². The summed E-state index contributed by atoms with van der Waals surface area (Å²) in [5, 5.41) is 5.88. The van der Waals surface area contributed by atoms with Gasteiger partial charge in [0.1, 0.15) is 11.3 Å². The zero-order valence-electron chi connectivity index (χ0n) is 9.90. The van der Waals surface area contributed by atoms with Crippen LogP contribution in [0.4, 0.5) is 18.9 Å². The number of hydrogen-bond acceptors (Lipinski definition) is 2. The fraction of sp³-hybridized carbons (Fsp3) is 0.167. The minimum atomic E-state index is -4.61. The average molecular weight is 269 g/mol. The van der Waals surface area contributed by atoms with Crippen LogP contribution in [-0.4, -0.2) is 15.7 Å². The third kappa shape index (κ3) is 2.75. The normalized spacial score (nSPS) is 11.4. The number of hydrogen-bond donors (Lipinski definition) is 1. The summed E-state index contributed by atoms with van der Waals surface area (Å²) in [6.07, 6.45) is -3.97. The molecule has 0 aliphatic rings.